The first-order valence-electron chi connectivity index (χ1n) is 31.4. The van der Waals surface area contributed by atoms with Crippen molar-refractivity contribution in [2.75, 3.05) is 13.2 Å². The van der Waals surface area contributed by atoms with Gasteiger partial charge in [0.1, 0.15) is 13.2 Å². The van der Waals surface area contributed by atoms with Gasteiger partial charge in [-0.3, -0.25) is 14.4 Å². The summed E-state index contributed by atoms with van der Waals surface area (Å²) in [4.78, 5) is 38.2. The van der Waals surface area contributed by atoms with Crippen molar-refractivity contribution in [2.24, 2.45) is 0 Å². The second kappa shape index (κ2) is 61.4. The minimum absolute atomic E-state index is 0.0829. The van der Waals surface area contributed by atoms with Gasteiger partial charge in [0.2, 0.25) is 0 Å². The molecule has 1 atom stereocenters. The third-order valence-corrected chi connectivity index (χ3v) is 13.6. The molecule has 0 fully saturated rings. The van der Waals surface area contributed by atoms with Crippen molar-refractivity contribution in [3.63, 3.8) is 0 Å². The van der Waals surface area contributed by atoms with E-state index in [2.05, 4.69) is 93.7 Å². The van der Waals surface area contributed by atoms with Crippen molar-refractivity contribution in [3.8, 4) is 0 Å². The summed E-state index contributed by atoms with van der Waals surface area (Å²) in [5.41, 5.74) is 0. The molecule has 0 aromatic carbocycles. The van der Waals surface area contributed by atoms with Crippen molar-refractivity contribution >= 4 is 17.9 Å². The maximum atomic E-state index is 12.9. The number of ether oxygens (including phenoxy) is 3. The van der Waals surface area contributed by atoms with Crippen LogP contribution in [-0.2, 0) is 28.6 Å². The van der Waals surface area contributed by atoms with E-state index in [9.17, 15) is 14.4 Å². The van der Waals surface area contributed by atoms with Crippen LogP contribution in [0.25, 0.3) is 0 Å². The zero-order chi connectivity index (χ0) is 52.9. The zero-order valence-electron chi connectivity index (χ0n) is 48.4. The average Bonchev–Trinajstić information content (AvgIpc) is 3.39. The third-order valence-electron chi connectivity index (χ3n) is 13.6. The zero-order valence-corrected chi connectivity index (χ0v) is 48.4. The van der Waals surface area contributed by atoms with Gasteiger partial charge in [-0.2, -0.15) is 0 Å². The lowest BCUT2D eigenvalue weighted by Crippen LogP contribution is -2.30. The Morgan fingerprint density at radius 1 is 0.274 bits per heavy atom. The normalized spacial score (nSPS) is 12.5. The van der Waals surface area contributed by atoms with E-state index in [0.717, 1.165) is 109 Å². The lowest BCUT2D eigenvalue weighted by Gasteiger charge is -2.18. The number of carbonyl (C=O) groups is 3. The van der Waals surface area contributed by atoms with Crippen LogP contribution in [0.1, 0.15) is 316 Å². The molecule has 0 aliphatic heterocycles. The van der Waals surface area contributed by atoms with Crippen LogP contribution in [-0.4, -0.2) is 37.2 Å². The fourth-order valence-electron chi connectivity index (χ4n) is 8.90. The number of esters is 3. The highest BCUT2D eigenvalue weighted by Crippen LogP contribution is 2.16. The molecular formula is C67H118O6. The molecular weight excluding hydrogens is 901 g/mol. The monoisotopic (exact) mass is 1020 g/mol. The first-order valence-corrected chi connectivity index (χ1v) is 31.4. The van der Waals surface area contributed by atoms with Crippen molar-refractivity contribution in [2.45, 2.75) is 322 Å². The lowest BCUT2D eigenvalue weighted by molar-refractivity contribution is -0.167. The topological polar surface area (TPSA) is 78.9 Å². The molecule has 0 heterocycles. The van der Waals surface area contributed by atoms with Gasteiger partial charge in [0, 0.05) is 19.3 Å². The Balaban J connectivity index is 4.26. The van der Waals surface area contributed by atoms with E-state index in [-0.39, 0.29) is 31.1 Å². The van der Waals surface area contributed by atoms with Gasteiger partial charge < -0.3 is 14.2 Å². The van der Waals surface area contributed by atoms with E-state index < -0.39 is 6.10 Å². The van der Waals surface area contributed by atoms with Gasteiger partial charge in [0.05, 0.1) is 0 Å². The van der Waals surface area contributed by atoms with Crippen LogP contribution in [0.3, 0.4) is 0 Å². The number of unbranched alkanes of at least 4 members (excludes halogenated alkanes) is 34. The van der Waals surface area contributed by atoms with E-state index in [1.165, 1.54) is 167 Å². The Morgan fingerprint density at radius 3 is 0.836 bits per heavy atom. The number of hydrogen-bond acceptors (Lipinski definition) is 6. The van der Waals surface area contributed by atoms with Gasteiger partial charge in [0.15, 0.2) is 6.10 Å². The molecule has 73 heavy (non-hydrogen) atoms. The summed E-state index contributed by atoms with van der Waals surface area (Å²) in [5.74, 6) is -0.897. The summed E-state index contributed by atoms with van der Waals surface area (Å²) in [6, 6.07) is 0. The van der Waals surface area contributed by atoms with Gasteiger partial charge in [-0.25, -0.2) is 0 Å². The molecule has 0 saturated heterocycles. The van der Waals surface area contributed by atoms with Crippen LogP contribution in [0.4, 0.5) is 0 Å². The van der Waals surface area contributed by atoms with E-state index in [1.54, 1.807) is 0 Å². The minimum Gasteiger partial charge on any atom is -0.462 e. The molecule has 0 aromatic rings. The smallest absolute Gasteiger partial charge is 0.306 e. The van der Waals surface area contributed by atoms with E-state index in [4.69, 9.17) is 14.2 Å². The van der Waals surface area contributed by atoms with Gasteiger partial charge in [-0.05, 0) is 109 Å². The first kappa shape index (κ1) is 69.8. The van der Waals surface area contributed by atoms with Crippen LogP contribution in [0, 0.1) is 0 Å². The lowest BCUT2D eigenvalue weighted by atomic mass is 10.0. The molecule has 0 radical (unpaired) electrons. The van der Waals surface area contributed by atoms with Crippen molar-refractivity contribution in [3.05, 3.63) is 72.9 Å². The maximum Gasteiger partial charge on any atom is 0.306 e. The van der Waals surface area contributed by atoms with Crippen LogP contribution in [0.15, 0.2) is 72.9 Å². The maximum absolute atomic E-state index is 12.9. The Labute approximate surface area is 453 Å². The van der Waals surface area contributed by atoms with Crippen molar-refractivity contribution in [1.82, 2.24) is 0 Å². The Hall–Kier alpha value is -3.15. The molecule has 1 unspecified atom stereocenters. The molecule has 6 heteroatoms. The Morgan fingerprint density at radius 2 is 0.521 bits per heavy atom. The minimum atomic E-state index is -0.786. The highest BCUT2D eigenvalue weighted by molar-refractivity contribution is 5.71. The number of rotatable bonds is 57. The Kier molecular flexibility index (Phi) is 58.7. The highest BCUT2D eigenvalue weighted by Gasteiger charge is 2.19. The first-order chi connectivity index (χ1) is 36.0. The molecule has 422 valence electrons. The summed E-state index contributed by atoms with van der Waals surface area (Å²) in [7, 11) is 0. The van der Waals surface area contributed by atoms with Gasteiger partial charge in [-0.15, -0.1) is 0 Å². The van der Waals surface area contributed by atoms with Gasteiger partial charge in [0.25, 0.3) is 0 Å². The molecule has 0 N–H and O–H groups in total. The second-order valence-electron chi connectivity index (χ2n) is 21.0. The molecule has 0 saturated carbocycles. The molecule has 0 aliphatic carbocycles. The van der Waals surface area contributed by atoms with Gasteiger partial charge in [-0.1, -0.05) is 261 Å². The average molecular weight is 1020 g/mol. The number of hydrogen-bond donors (Lipinski definition) is 0. The van der Waals surface area contributed by atoms with Crippen molar-refractivity contribution < 1.29 is 28.6 Å². The fraction of sp³-hybridized carbons (Fsp3) is 0.776. The summed E-state index contributed by atoms with van der Waals surface area (Å²) in [6.07, 6.45) is 79.1. The molecule has 0 aliphatic rings. The molecule has 0 amide bonds. The quantitative estimate of drug-likeness (QED) is 0.0261. The summed E-state index contributed by atoms with van der Waals surface area (Å²) in [5, 5.41) is 0. The SMILES string of the molecule is CCC/C=C\C/C=C\CCCCCCCC(=O)OCC(COC(=O)CCCCCCCCCCCCCC/C=C\C/C=C\C/C=C\CCCCCCC)OC(=O)CCCCCCC/C=C\CCCCCCCC. The van der Waals surface area contributed by atoms with E-state index in [1.807, 2.05) is 0 Å². The standard InChI is InChI=1S/C67H118O6/c1-4-7-10-13-16-19-22-25-27-28-29-30-31-32-33-34-35-36-37-38-40-42-45-48-51-54-57-60-66(69)72-63-64(62-71-65(68)59-56-53-50-47-44-41-24-21-18-15-12-9-6-3)73-67(70)61-58-55-52-49-46-43-39-26-23-20-17-14-11-8-5-2/h12,15,21-22,24-26,28-29,31-32,39,64H,4-11,13-14,16-20,23,27,30,33-38,40-63H2,1-3H3/b15-12-,24-21-,25-22-,29-28-,32-31-,39-26-. The largest absolute Gasteiger partial charge is 0.462 e. The molecule has 0 bridgehead atoms. The highest BCUT2D eigenvalue weighted by atomic mass is 16.6. The van der Waals surface area contributed by atoms with E-state index in [0.29, 0.717) is 19.3 Å². The summed E-state index contributed by atoms with van der Waals surface area (Å²) >= 11 is 0. The van der Waals surface area contributed by atoms with E-state index >= 15 is 0 Å². The summed E-state index contributed by atoms with van der Waals surface area (Å²) in [6.45, 7) is 6.56. The third kappa shape index (κ3) is 59.6. The van der Waals surface area contributed by atoms with Crippen LogP contribution in [0.2, 0.25) is 0 Å². The predicted molar refractivity (Wildman–Crippen MR) is 316 cm³/mol. The van der Waals surface area contributed by atoms with Crippen LogP contribution >= 0.6 is 0 Å². The Bertz CT molecular complexity index is 1360. The number of carbonyl (C=O) groups excluding carboxylic acids is 3. The van der Waals surface area contributed by atoms with Gasteiger partial charge >= 0.3 is 17.9 Å². The molecule has 0 aromatic heterocycles. The molecule has 0 spiro atoms. The molecule has 0 rings (SSSR count). The van der Waals surface area contributed by atoms with Crippen molar-refractivity contribution in [1.29, 1.82) is 0 Å². The summed E-state index contributed by atoms with van der Waals surface area (Å²) < 4.78 is 16.9. The van der Waals surface area contributed by atoms with Crippen LogP contribution < -0.4 is 0 Å². The second-order valence-corrected chi connectivity index (χ2v) is 21.0. The fourth-order valence-corrected chi connectivity index (χ4v) is 8.90. The van der Waals surface area contributed by atoms with Crippen LogP contribution in [0.5, 0.6) is 0 Å². The molecule has 6 nitrogen and oxygen atoms in total. The number of allylic oxidation sites excluding steroid dienone is 12. The predicted octanol–water partition coefficient (Wildman–Crippen LogP) is 21.3.